The molecule has 0 N–H and O–H groups in total. The first-order valence-corrected chi connectivity index (χ1v) is 9.51. The molecule has 0 spiro atoms. The molecule has 114 valence electrons. The second-order valence-corrected chi connectivity index (χ2v) is 8.74. The molecule has 2 aliphatic rings. The van der Waals surface area contributed by atoms with Crippen molar-refractivity contribution >= 4 is 14.6 Å². The molecular weight excluding hydrogens is 267 g/mol. The fourth-order valence-corrected chi connectivity index (χ4v) is 4.62. The lowest BCUT2D eigenvalue weighted by atomic mass is 9.69. The number of hydrogen-bond acceptors (Lipinski definition) is 2. The van der Waals surface area contributed by atoms with Gasteiger partial charge in [-0.25, -0.2) is 0 Å². The van der Waals surface area contributed by atoms with E-state index in [0.29, 0.717) is 14.5 Å². The Hall–Kier alpha value is -0.360. The topological polar surface area (TPSA) is 26.3 Å². The molecule has 2 aliphatic carbocycles. The molecule has 0 bridgehead atoms. The van der Waals surface area contributed by atoms with Gasteiger partial charge in [-0.1, -0.05) is 39.3 Å². The zero-order chi connectivity index (χ0) is 14.9. The van der Waals surface area contributed by atoms with Gasteiger partial charge in [-0.15, -0.1) is 8.58 Å². The molecule has 0 radical (unpaired) electrons. The highest BCUT2D eigenvalue weighted by atomic mass is 31.1. The van der Waals surface area contributed by atoms with E-state index >= 15 is 0 Å². The van der Waals surface area contributed by atoms with Crippen LogP contribution in [-0.4, -0.2) is 24.4 Å². The lowest BCUT2D eigenvalue weighted by molar-refractivity contribution is -0.151. The Bertz CT molecular complexity index is 394. The summed E-state index contributed by atoms with van der Waals surface area (Å²) in [5, 5.41) is 0. The molecule has 0 aromatic carbocycles. The van der Waals surface area contributed by atoms with Crippen LogP contribution in [0.5, 0.6) is 0 Å². The standard InChI is InChI=1S/C17H29O2P/c1-6-11-9-13-12(11)7-8-14(13)19-16(18)15(20-5)10-17(2,3)4/h7,11,13-15,20H,6,8-10H2,1-5H3. The lowest BCUT2D eigenvalue weighted by Crippen LogP contribution is -2.37. The molecule has 5 atom stereocenters. The maximum absolute atomic E-state index is 12.4. The molecular formula is C17H29O2P. The van der Waals surface area contributed by atoms with Crippen molar-refractivity contribution < 1.29 is 9.53 Å². The van der Waals surface area contributed by atoms with Crippen LogP contribution in [0.1, 0.15) is 53.4 Å². The Balaban J connectivity index is 1.87. The highest BCUT2D eigenvalue weighted by molar-refractivity contribution is 7.39. The van der Waals surface area contributed by atoms with Crippen LogP contribution in [0.15, 0.2) is 11.6 Å². The highest BCUT2D eigenvalue weighted by Gasteiger charge is 2.44. The van der Waals surface area contributed by atoms with E-state index in [4.69, 9.17) is 4.74 Å². The van der Waals surface area contributed by atoms with Crippen LogP contribution in [0.4, 0.5) is 0 Å². The molecule has 0 aromatic rings. The molecule has 20 heavy (non-hydrogen) atoms. The molecule has 1 fully saturated rings. The van der Waals surface area contributed by atoms with Crippen molar-refractivity contribution in [3.63, 3.8) is 0 Å². The summed E-state index contributed by atoms with van der Waals surface area (Å²) in [7, 11) is 0.633. The molecule has 0 saturated heterocycles. The summed E-state index contributed by atoms with van der Waals surface area (Å²) in [6, 6.07) is 0. The van der Waals surface area contributed by atoms with E-state index in [1.54, 1.807) is 5.57 Å². The van der Waals surface area contributed by atoms with Crippen molar-refractivity contribution in [2.75, 3.05) is 6.66 Å². The Morgan fingerprint density at radius 2 is 2.20 bits per heavy atom. The minimum absolute atomic E-state index is 0.0420. The molecule has 5 unspecified atom stereocenters. The quantitative estimate of drug-likeness (QED) is 0.427. The molecule has 2 rings (SSSR count). The van der Waals surface area contributed by atoms with Gasteiger partial charge in [-0.3, -0.25) is 4.79 Å². The molecule has 0 aliphatic heterocycles. The lowest BCUT2D eigenvalue weighted by Gasteiger charge is -2.38. The summed E-state index contributed by atoms with van der Waals surface area (Å²) in [5.74, 6) is 1.35. The monoisotopic (exact) mass is 296 g/mol. The number of hydrogen-bond donors (Lipinski definition) is 0. The van der Waals surface area contributed by atoms with Gasteiger partial charge in [-0.05, 0) is 37.3 Å². The molecule has 3 heteroatoms. The average molecular weight is 296 g/mol. The third-order valence-electron chi connectivity index (χ3n) is 4.68. The van der Waals surface area contributed by atoms with Crippen molar-refractivity contribution in [3.05, 3.63) is 11.6 Å². The fraction of sp³-hybridized carbons (Fsp3) is 0.824. The number of rotatable bonds is 5. The van der Waals surface area contributed by atoms with Crippen LogP contribution in [-0.2, 0) is 9.53 Å². The first-order chi connectivity index (χ1) is 9.35. The van der Waals surface area contributed by atoms with Gasteiger partial charge in [0, 0.05) is 12.3 Å². The first-order valence-electron chi connectivity index (χ1n) is 7.93. The third-order valence-corrected chi connectivity index (χ3v) is 5.82. The molecule has 0 heterocycles. The normalized spacial score (nSPS) is 30.9. The Morgan fingerprint density at radius 1 is 1.50 bits per heavy atom. The molecule has 0 amide bonds. The van der Waals surface area contributed by atoms with Crippen LogP contribution in [0, 0.1) is 17.3 Å². The maximum atomic E-state index is 12.4. The number of carbonyl (C=O) groups is 1. The van der Waals surface area contributed by atoms with E-state index < -0.39 is 0 Å². The Labute approximate surface area is 125 Å². The predicted octanol–water partition coefficient (Wildman–Crippen LogP) is 4.39. The van der Waals surface area contributed by atoms with E-state index in [1.807, 2.05) is 0 Å². The van der Waals surface area contributed by atoms with Gasteiger partial charge in [0.2, 0.25) is 0 Å². The number of fused-ring (bicyclic) bond motifs is 1. The van der Waals surface area contributed by atoms with Crippen LogP contribution in [0.2, 0.25) is 0 Å². The second-order valence-electron chi connectivity index (χ2n) is 7.47. The van der Waals surface area contributed by atoms with Crippen LogP contribution in [0.3, 0.4) is 0 Å². The predicted molar refractivity (Wildman–Crippen MR) is 86.6 cm³/mol. The van der Waals surface area contributed by atoms with Crippen molar-refractivity contribution in [2.24, 2.45) is 17.3 Å². The summed E-state index contributed by atoms with van der Waals surface area (Å²) < 4.78 is 5.85. The van der Waals surface area contributed by atoms with Crippen molar-refractivity contribution in [3.8, 4) is 0 Å². The summed E-state index contributed by atoms with van der Waals surface area (Å²) in [5.41, 5.74) is 1.84. The van der Waals surface area contributed by atoms with Gasteiger partial charge in [0.05, 0.1) is 5.66 Å². The van der Waals surface area contributed by atoms with E-state index in [0.717, 1.165) is 18.8 Å². The van der Waals surface area contributed by atoms with Gasteiger partial charge in [0.15, 0.2) is 0 Å². The summed E-state index contributed by atoms with van der Waals surface area (Å²) >= 11 is 0. The van der Waals surface area contributed by atoms with Crippen LogP contribution >= 0.6 is 8.58 Å². The SMILES string of the molecule is CCC1CC2C1=CCC2OC(=O)C(CC(C)(C)C)PC. The summed E-state index contributed by atoms with van der Waals surface area (Å²) in [4.78, 5) is 12.4. The smallest absolute Gasteiger partial charge is 0.313 e. The first kappa shape index (κ1) is 16.0. The van der Waals surface area contributed by atoms with E-state index in [2.05, 4.69) is 40.4 Å². The second kappa shape index (κ2) is 6.18. The van der Waals surface area contributed by atoms with Crippen molar-refractivity contribution in [1.82, 2.24) is 0 Å². The van der Waals surface area contributed by atoms with Crippen LogP contribution in [0.25, 0.3) is 0 Å². The molecule has 2 nitrogen and oxygen atoms in total. The minimum Gasteiger partial charge on any atom is -0.461 e. The average Bonchev–Trinajstić information content (AvgIpc) is 2.62. The fourth-order valence-electron chi connectivity index (χ4n) is 3.50. The summed E-state index contributed by atoms with van der Waals surface area (Å²) in [6.07, 6.45) is 6.78. The molecule has 1 saturated carbocycles. The maximum Gasteiger partial charge on any atom is 0.313 e. The van der Waals surface area contributed by atoms with Crippen LogP contribution < -0.4 is 0 Å². The van der Waals surface area contributed by atoms with Gasteiger partial charge in [-0.2, -0.15) is 0 Å². The third kappa shape index (κ3) is 3.45. The van der Waals surface area contributed by atoms with E-state index in [9.17, 15) is 4.79 Å². The van der Waals surface area contributed by atoms with Gasteiger partial charge < -0.3 is 4.74 Å². The molecule has 0 aromatic heterocycles. The Kier molecular flexibility index (Phi) is 4.95. The zero-order valence-corrected chi connectivity index (χ0v) is 14.5. The van der Waals surface area contributed by atoms with Crippen molar-refractivity contribution in [1.29, 1.82) is 0 Å². The van der Waals surface area contributed by atoms with Gasteiger partial charge in [0.25, 0.3) is 0 Å². The van der Waals surface area contributed by atoms with E-state index in [1.165, 1.54) is 12.8 Å². The largest absolute Gasteiger partial charge is 0.461 e. The Morgan fingerprint density at radius 3 is 2.75 bits per heavy atom. The number of ether oxygens (including phenoxy) is 1. The number of esters is 1. The van der Waals surface area contributed by atoms with Gasteiger partial charge in [0.1, 0.15) is 6.10 Å². The van der Waals surface area contributed by atoms with Gasteiger partial charge >= 0.3 is 5.97 Å². The van der Waals surface area contributed by atoms with E-state index in [-0.39, 0.29) is 23.1 Å². The minimum atomic E-state index is 0.0420. The highest BCUT2D eigenvalue weighted by Crippen LogP contribution is 2.49. The zero-order valence-electron chi connectivity index (χ0n) is 13.5. The van der Waals surface area contributed by atoms with Crippen molar-refractivity contribution in [2.45, 2.75) is 65.1 Å². The number of carbonyl (C=O) groups excluding carboxylic acids is 1. The summed E-state index contributed by atoms with van der Waals surface area (Å²) in [6.45, 7) is 11.0.